The molecule has 0 atom stereocenters. The molecule has 26 heavy (non-hydrogen) atoms. The number of amides is 1. The van der Waals surface area contributed by atoms with Crippen LogP contribution in [-0.4, -0.2) is 50.7 Å². The van der Waals surface area contributed by atoms with E-state index in [4.69, 9.17) is 9.47 Å². The number of methoxy groups -OCH3 is 1. The number of carbonyl (C=O) groups excluding carboxylic acids is 1. The second kappa shape index (κ2) is 9.13. The van der Waals surface area contributed by atoms with Gasteiger partial charge in [-0.3, -0.25) is 4.79 Å². The van der Waals surface area contributed by atoms with Crippen LogP contribution in [0.1, 0.15) is 12.8 Å². The van der Waals surface area contributed by atoms with E-state index in [9.17, 15) is 4.79 Å². The second-order valence-electron chi connectivity index (χ2n) is 6.30. The summed E-state index contributed by atoms with van der Waals surface area (Å²) in [5, 5.41) is 0. The van der Waals surface area contributed by atoms with Crippen molar-refractivity contribution in [2.45, 2.75) is 12.8 Å². The summed E-state index contributed by atoms with van der Waals surface area (Å²) in [6.45, 7) is 3.71. The average Bonchev–Trinajstić information content (AvgIpc) is 2.72. The van der Waals surface area contributed by atoms with Gasteiger partial charge < -0.3 is 19.3 Å². The molecule has 1 aliphatic rings. The Hall–Kier alpha value is -2.69. The quantitative estimate of drug-likeness (QED) is 0.716. The predicted octanol–water partition coefficient (Wildman–Crippen LogP) is 3.20. The van der Waals surface area contributed by atoms with Gasteiger partial charge in [-0.25, -0.2) is 0 Å². The number of ether oxygens (including phenoxy) is 2. The molecular weight excluding hydrogens is 328 g/mol. The highest BCUT2D eigenvalue weighted by molar-refractivity contribution is 5.76. The zero-order valence-electron chi connectivity index (χ0n) is 15.3. The Morgan fingerprint density at radius 2 is 1.65 bits per heavy atom. The summed E-state index contributed by atoms with van der Waals surface area (Å²) in [7, 11) is 1.69. The fourth-order valence-electron chi connectivity index (χ4n) is 3.18. The summed E-state index contributed by atoms with van der Waals surface area (Å²) < 4.78 is 11.1. The number of anilines is 1. The molecule has 1 saturated heterocycles. The number of hydrogen-bond donors (Lipinski definition) is 0. The molecule has 3 rings (SSSR count). The summed E-state index contributed by atoms with van der Waals surface area (Å²) >= 11 is 0. The van der Waals surface area contributed by atoms with Crippen molar-refractivity contribution in [1.29, 1.82) is 0 Å². The Balaban J connectivity index is 1.41. The van der Waals surface area contributed by atoms with Crippen LogP contribution in [0.3, 0.4) is 0 Å². The topological polar surface area (TPSA) is 42.0 Å². The lowest BCUT2D eigenvalue weighted by molar-refractivity contribution is -0.131. The molecule has 0 aliphatic carbocycles. The van der Waals surface area contributed by atoms with E-state index in [1.165, 1.54) is 0 Å². The highest BCUT2D eigenvalue weighted by Crippen LogP contribution is 2.28. The van der Waals surface area contributed by atoms with Crippen LogP contribution in [-0.2, 0) is 4.79 Å². The molecule has 2 aromatic carbocycles. The molecule has 1 heterocycles. The zero-order valence-corrected chi connectivity index (χ0v) is 15.3. The lowest BCUT2D eigenvalue weighted by Gasteiger charge is -2.36. The number of hydrogen-bond acceptors (Lipinski definition) is 4. The van der Waals surface area contributed by atoms with Gasteiger partial charge in [0.1, 0.15) is 11.5 Å². The van der Waals surface area contributed by atoms with Gasteiger partial charge in [-0.2, -0.15) is 0 Å². The van der Waals surface area contributed by atoms with Crippen molar-refractivity contribution in [2.75, 3.05) is 44.8 Å². The van der Waals surface area contributed by atoms with Crippen molar-refractivity contribution in [2.24, 2.45) is 0 Å². The van der Waals surface area contributed by atoms with Gasteiger partial charge in [0, 0.05) is 32.6 Å². The lowest BCUT2D eigenvalue weighted by Crippen LogP contribution is -2.48. The minimum Gasteiger partial charge on any atom is -0.495 e. The molecule has 1 fully saturated rings. The maximum Gasteiger partial charge on any atom is 0.222 e. The zero-order chi connectivity index (χ0) is 18.2. The molecule has 0 unspecified atom stereocenters. The van der Waals surface area contributed by atoms with E-state index in [-0.39, 0.29) is 5.91 Å². The molecular formula is C21H26N2O3. The summed E-state index contributed by atoms with van der Waals surface area (Å²) in [6, 6.07) is 17.7. The van der Waals surface area contributed by atoms with E-state index >= 15 is 0 Å². The summed E-state index contributed by atoms with van der Waals surface area (Å²) in [5.41, 5.74) is 1.10. The van der Waals surface area contributed by atoms with E-state index in [1.807, 2.05) is 53.4 Å². The highest BCUT2D eigenvalue weighted by atomic mass is 16.5. The van der Waals surface area contributed by atoms with E-state index in [2.05, 4.69) is 11.0 Å². The van der Waals surface area contributed by atoms with Crippen LogP contribution in [0, 0.1) is 0 Å². The molecule has 1 aliphatic heterocycles. The third-order valence-electron chi connectivity index (χ3n) is 4.61. The van der Waals surface area contributed by atoms with Crippen LogP contribution >= 0.6 is 0 Å². The van der Waals surface area contributed by atoms with Crippen LogP contribution < -0.4 is 14.4 Å². The normalized spacial score (nSPS) is 14.2. The predicted molar refractivity (Wildman–Crippen MR) is 103 cm³/mol. The maximum atomic E-state index is 12.4. The van der Waals surface area contributed by atoms with E-state index in [0.717, 1.165) is 49.8 Å². The Bertz CT molecular complexity index is 697. The minimum atomic E-state index is 0.210. The minimum absolute atomic E-state index is 0.210. The molecule has 0 aromatic heterocycles. The fourth-order valence-corrected chi connectivity index (χ4v) is 3.18. The van der Waals surface area contributed by atoms with Gasteiger partial charge in [0.2, 0.25) is 5.91 Å². The third-order valence-corrected chi connectivity index (χ3v) is 4.61. The van der Waals surface area contributed by atoms with Crippen molar-refractivity contribution >= 4 is 11.6 Å². The average molecular weight is 354 g/mol. The van der Waals surface area contributed by atoms with Crippen LogP contribution in [0.5, 0.6) is 11.5 Å². The number of carbonyl (C=O) groups is 1. The summed E-state index contributed by atoms with van der Waals surface area (Å²) in [6.07, 6.45) is 1.27. The molecule has 0 saturated carbocycles. The molecule has 0 bridgehead atoms. The van der Waals surface area contributed by atoms with Gasteiger partial charge in [-0.1, -0.05) is 30.3 Å². The molecule has 0 N–H and O–H groups in total. The Morgan fingerprint density at radius 1 is 0.962 bits per heavy atom. The number of nitrogens with zero attached hydrogens (tertiary/aromatic N) is 2. The van der Waals surface area contributed by atoms with E-state index < -0.39 is 0 Å². The Morgan fingerprint density at radius 3 is 2.38 bits per heavy atom. The molecule has 5 nitrogen and oxygen atoms in total. The van der Waals surface area contributed by atoms with Gasteiger partial charge >= 0.3 is 0 Å². The highest BCUT2D eigenvalue weighted by Gasteiger charge is 2.22. The summed E-state index contributed by atoms with van der Waals surface area (Å²) in [4.78, 5) is 16.6. The van der Waals surface area contributed by atoms with E-state index in [0.29, 0.717) is 13.0 Å². The van der Waals surface area contributed by atoms with Gasteiger partial charge in [0.25, 0.3) is 0 Å². The van der Waals surface area contributed by atoms with Crippen LogP contribution in [0.15, 0.2) is 54.6 Å². The van der Waals surface area contributed by atoms with Crippen molar-refractivity contribution in [3.05, 3.63) is 54.6 Å². The van der Waals surface area contributed by atoms with Gasteiger partial charge in [0.15, 0.2) is 0 Å². The first-order chi connectivity index (χ1) is 12.8. The van der Waals surface area contributed by atoms with Gasteiger partial charge in [-0.15, -0.1) is 0 Å². The second-order valence-corrected chi connectivity index (χ2v) is 6.30. The molecule has 5 heteroatoms. The molecule has 1 amide bonds. The van der Waals surface area contributed by atoms with Crippen molar-refractivity contribution in [1.82, 2.24) is 4.90 Å². The van der Waals surface area contributed by atoms with E-state index in [1.54, 1.807) is 7.11 Å². The van der Waals surface area contributed by atoms with Gasteiger partial charge in [-0.05, 0) is 30.7 Å². The molecule has 2 aromatic rings. The first-order valence-corrected chi connectivity index (χ1v) is 9.11. The number of rotatable bonds is 7. The Kier molecular flexibility index (Phi) is 6.36. The fraction of sp³-hybridized carbons (Fsp3) is 0.381. The lowest BCUT2D eigenvalue weighted by atomic mass is 10.2. The number of piperazine rings is 1. The molecule has 0 spiro atoms. The first kappa shape index (κ1) is 18.1. The third kappa shape index (κ3) is 4.69. The smallest absolute Gasteiger partial charge is 0.222 e. The Labute approximate surface area is 155 Å². The number of para-hydroxylation sites is 3. The van der Waals surface area contributed by atoms with Gasteiger partial charge in [0.05, 0.1) is 19.4 Å². The maximum absolute atomic E-state index is 12.4. The molecule has 138 valence electrons. The van der Waals surface area contributed by atoms with Crippen molar-refractivity contribution < 1.29 is 14.3 Å². The van der Waals surface area contributed by atoms with Crippen molar-refractivity contribution in [3.63, 3.8) is 0 Å². The van der Waals surface area contributed by atoms with Crippen LogP contribution in [0.2, 0.25) is 0 Å². The monoisotopic (exact) mass is 354 g/mol. The van der Waals surface area contributed by atoms with Crippen molar-refractivity contribution in [3.8, 4) is 11.5 Å². The first-order valence-electron chi connectivity index (χ1n) is 9.11. The standard InChI is InChI=1S/C21H26N2O3/c1-25-20-11-6-5-10-19(20)22-13-15-23(16-14-22)21(24)12-7-17-26-18-8-3-2-4-9-18/h2-6,8-11H,7,12-17H2,1H3. The number of benzene rings is 2. The van der Waals surface area contributed by atoms with Crippen LogP contribution in [0.25, 0.3) is 0 Å². The summed E-state index contributed by atoms with van der Waals surface area (Å²) in [5.74, 6) is 1.94. The molecule has 0 radical (unpaired) electrons. The van der Waals surface area contributed by atoms with Crippen LogP contribution in [0.4, 0.5) is 5.69 Å². The largest absolute Gasteiger partial charge is 0.495 e. The SMILES string of the molecule is COc1ccccc1N1CCN(C(=O)CCCOc2ccccc2)CC1.